The number of carboxylic acid groups (broad SMARTS) is 1. The van der Waals surface area contributed by atoms with Crippen LogP contribution in [0.3, 0.4) is 0 Å². The molecule has 5 heteroatoms. The highest BCUT2D eigenvalue weighted by molar-refractivity contribution is 5.97. The summed E-state index contributed by atoms with van der Waals surface area (Å²) < 4.78 is 5.17. The Morgan fingerprint density at radius 2 is 2.10 bits per heavy atom. The second-order valence-electron chi connectivity index (χ2n) is 5.32. The molecule has 0 aliphatic heterocycles. The molecule has 2 aromatic rings. The molecular formula is C15H18N2O3. The van der Waals surface area contributed by atoms with Crippen molar-refractivity contribution in [1.29, 1.82) is 0 Å². The van der Waals surface area contributed by atoms with Crippen molar-refractivity contribution in [1.82, 2.24) is 4.98 Å². The molecule has 5 nitrogen and oxygen atoms in total. The third-order valence-electron chi connectivity index (χ3n) is 2.91. The van der Waals surface area contributed by atoms with Crippen molar-refractivity contribution in [3.05, 3.63) is 36.0 Å². The Bertz CT molecular complexity index is 638. The van der Waals surface area contributed by atoms with E-state index in [0.29, 0.717) is 12.1 Å². The Balaban J connectivity index is 2.52. The number of nitrogens with one attached hydrogen (secondary N) is 1. The third kappa shape index (κ3) is 3.05. The van der Waals surface area contributed by atoms with E-state index in [1.54, 1.807) is 19.2 Å². The molecular weight excluding hydrogens is 256 g/mol. The zero-order valence-electron chi connectivity index (χ0n) is 11.8. The minimum atomic E-state index is -1.04. The van der Waals surface area contributed by atoms with E-state index in [0.717, 1.165) is 11.1 Å². The Kier molecular flexibility index (Phi) is 3.90. The predicted molar refractivity (Wildman–Crippen MR) is 78.3 cm³/mol. The topological polar surface area (TPSA) is 71.5 Å². The first-order chi connectivity index (χ1) is 9.43. The van der Waals surface area contributed by atoms with E-state index >= 15 is 0 Å². The van der Waals surface area contributed by atoms with Crippen molar-refractivity contribution in [2.45, 2.75) is 19.4 Å². The lowest BCUT2D eigenvalue weighted by Gasteiger charge is -2.27. The number of aromatic carboxylic acids is 1. The first-order valence-corrected chi connectivity index (χ1v) is 6.33. The van der Waals surface area contributed by atoms with Gasteiger partial charge in [0.2, 0.25) is 0 Å². The normalized spacial score (nSPS) is 11.6. The molecule has 2 rings (SSSR count). The Morgan fingerprint density at radius 3 is 2.75 bits per heavy atom. The average molecular weight is 274 g/mol. The third-order valence-corrected chi connectivity index (χ3v) is 2.91. The fourth-order valence-electron chi connectivity index (χ4n) is 2.15. The van der Waals surface area contributed by atoms with E-state index in [2.05, 4.69) is 10.3 Å². The van der Waals surface area contributed by atoms with Crippen LogP contribution in [-0.2, 0) is 4.74 Å². The van der Waals surface area contributed by atoms with Crippen LogP contribution in [0.2, 0.25) is 0 Å². The molecule has 0 saturated carbocycles. The smallest absolute Gasteiger partial charge is 0.354 e. The Morgan fingerprint density at radius 1 is 1.40 bits per heavy atom. The van der Waals surface area contributed by atoms with Crippen molar-refractivity contribution in [2.75, 3.05) is 19.0 Å². The Hall–Kier alpha value is -2.14. The van der Waals surface area contributed by atoms with Crippen molar-refractivity contribution in [3.8, 4) is 0 Å². The predicted octanol–water partition coefficient (Wildman–Crippen LogP) is 2.77. The number of carboxylic acids is 1. The van der Waals surface area contributed by atoms with Gasteiger partial charge in [0.05, 0.1) is 17.7 Å². The van der Waals surface area contributed by atoms with Gasteiger partial charge in [-0.15, -0.1) is 0 Å². The molecule has 0 aliphatic rings. The molecule has 0 saturated heterocycles. The quantitative estimate of drug-likeness (QED) is 0.877. The highest BCUT2D eigenvalue weighted by Crippen LogP contribution is 2.26. The number of ether oxygens (including phenoxy) is 1. The zero-order chi connectivity index (χ0) is 14.8. The number of fused-ring (bicyclic) bond motifs is 1. The first kappa shape index (κ1) is 14.3. The van der Waals surface area contributed by atoms with Crippen molar-refractivity contribution in [3.63, 3.8) is 0 Å². The van der Waals surface area contributed by atoms with Gasteiger partial charge in [-0.3, -0.25) is 0 Å². The molecule has 2 N–H and O–H groups in total. The monoisotopic (exact) mass is 274 g/mol. The summed E-state index contributed by atoms with van der Waals surface area (Å²) in [6.45, 7) is 4.49. The number of benzene rings is 1. The first-order valence-electron chi connectivity index (χ1n) is 6.33. The van der Waals surface area contributed by atoms with Crippen LogP contribution in [0.1, 0.15) is 24.3 Å². The maximum atomic E-state index is 11.2. The molecule has 0 bridgehead atoms. The van der Waals surface area contributed by atoms with E-state index in [1.165, 1.54) is 0 Å². The van der Waals surface area contributed by atoms with Crippen LogP contribution in [0.15, 0.2) is 30.3 Å². The van der Waals surface area contributed by atoms with E-state index in [4.69, 9.17) is 9.84 Å². The van der Waals surface area contributed by atoms with Gasteiger partial charge in [0.25, 0.3) is 0 Å². The van der Waals surface area contributed by atoms with Crippen molar-refractivity contribution < 1.29 is 14.6 Å². The van der Waals surface area contributed by atoms with Crippen molar-refractivity contribution in [2.24, 2.45) is 0 Å². The molecule has 1 aromatic carbocycles. The van der Waals surface area contributed by atoms with Gasteiger partial charge in [-0.2, -0.15) is 0 Å². The van der Waals surface area contributed by atoms with E-state index in [-0.39, 0.29) is 11.2 Å². The Labute approximate surface area is 117 Å². The number of hydrogen-bond donors (Lipinski definition) is 2. The summed E-state index contributed by atoms with van der Waals surface area (Å²) in [5, 5.41) is 13.4. The number of anilines is 1. The summed E-state index contributed by atoms with van der Waals surface area (Å²) in [4.78, 5) is 15.3. The van der Waals surface area contributed by atoms with Crippen LogP contribution < -0.4 is 5.32 Å². The number of aromatic nitrogens is 1. The van der Waals surface area contributed by atoms with Crippen LogP contribution in [0.25, 0.3) is 10.9 Å². The summed E-state index contributed by atoms with van der Waals surface area (Å²) in [6, 6.07) is 9.02. The molecule has 0 aliphatic carbocycles. The SMILES string of the molecule is COCC(C)(C)Nc1cc(C(=O)O)nc2ccccc12. The van der Waals surface area contributed by atoms with Gasteiger partial charge in [-0.05, 0) is 26.0 Å². The van der Waals surface area contributed by atoms with Crippen LogP contribution in [0, 0.1) is 0 Å². The zero-order valence-corrected chi connectivity index (χ0v) is 11.8. The number of carbonyl (C=O) groups is 1. The average Bonchev–Trinajstić information content (AvgIpc) is 2.37. The van der Waals surface area contributed by atoms with Gasteiger partial charge < -0.3 is 15.2 Å². The maximum absolute atomic E-state index is 11.2. The number of para-hydroxylation sites is 1. The van der Waals surface area contributed by atoms with Gasteiger partial charge in [-0.25, -0.2) is 9.78 Å². The molecule has 1 aromatic heterocycles. The molecule has 0 amide bonds. The number of hydrogen-bond acceptors (Lipinski definition) is 4. The maximum Gasteiger partial charge on any atom is 0.354 e. The summed E-state index contributed by atoms with van der Waals surface area (Å²) in [7, 11) is 1.64. The van der Waals surface area contributed by atoms with Crippen LogP contribution >= 0.6 is 0 Å². The summed E-state index contributed by atoms with van der Waals surface area (Å²) in [6.07, 6.45) is 0. The fourth-order valence-corrected chi connectivity index (χ4v) is 2.15. The summed E-state index contributed by atoms with van der Waals surface area (Å²) in [5.74, 6) is -1.04. The molecule has 0 radical (unpaired) electrons. The largest absolute Gasteiger partial charge is 0.477 e. The van der Waals surface area contributed by atoms with Gasteiger partial charge in [0, 0.05) is 18.2 Å². The lowest BCUT2D eigenvalue weighted by Crippen LogP contribution is -2.36. The fraction of sp³-hybridized carbons (Fsp3) is 0.333. The highest BCUT2D eigenvalue weighted by atomic mass is 16.5. The molecule has 1 heterocycles. The standard InChI is InChI=1S/C15H18N2O3/c1-15(2,9-20-3)17-12-8-13(14(18)19)16-11-7-5-4-6-10(11)12/h4-8H,9H2,1-3H3,(H,16,17)(H,18,19). The van der Waals surface area contributed by atoms with Crippen LogP contribution in [0.4, 0.5) is 5.69 Å². The number of nitrogens with zero attached hydrogens (tertiary/aromatic N) is 1. The van der Waals surface area contributed by atoms with Crippen molar-refractivity contribution >= 4 is 22.6 Å². The van der Waals surface area contributed by atoms with E-state index in [9.17, 15) is 4.79 Å². The molecule has 0 atom stereocenters. The highest BCUT2D eigenvalue weighted by Gasteiger charge is 2.19. The number of rotatable bonds is 5. The molecule has 0 fully saturated rings. The molecule has 0 spiro atoms. The molecule has 20 heavy (non-hydrogen) atoms. The lowest BCUT2D eigenvalue weighted by atomic mass is 10.0. The van der Waals surface area contributed by atoms with Gasteiger partial charge >= 0.3 is 5.97 Å². The lowest BCUT2D eigenvalue weighted by molar-refractivity contribution is 0.0691. The second kappa shape index (κ2) is 5.46. The second-order valence-corrected chi connectivity index (χ2v) is 5.32. The summed E-state index contributed by atoms with van der Waals surface area (Å²) in [5.41, 5.74) is 1.12. The van der Waals surface area contributed by atoms with Gasteiger partial charge in [-0.1, -0.05) is 18.2 Å². The number of pyridine rings is 1. The van der Waals surface area contributed by atoms with E-state index in [1.807, 2.05) is 32.0 Å². The minimum Gasteiger partial charge on any atom is -0.477 e. The van der Waals surface area contributed by atoms with Gasteiger partial charge in [0.15, 0.2) is 5.69 Å². The van der Waals surface area contributed by atoms with Crippen LogP contribution in [0.5, 0.6) is 0 Å². The summed E-state index contributed by atoms with van der Waals surface area (Å²) >= 11 is 0. The number of methoxy groups -OCH3 is 1. The van der Waals surface area contributed by atoms with E-state index < -0.39 is 5.97 Å². The minimum absolute atomic E-state index is 0.0272. The molecule has 0 unspecified atom stereocenters. The molecule has 106 valence electrons. The van der Waals surface area contributed by atoms with Crippen LogP contribution in [-0.4, -0.2) is 35.3 Å². The van der Waals surface area contributed by atoms with Gasteiger partial charge in [0.1, 0.15) is 0 Å².